The van der Waals surface area contributed by atoms with Crippen molar-refractivity contribution in [2.45, 2.75) is 0 Å². The van der Waals surface area contributed by atoms with Crippen LogP contribution in [0.1, 0.15) is 0 Å². The summed E-state index contributed by atoms with van der Waals surface area (Å²) in [6, 6.07) is 52.9. The van der Waals surface area contributed by atoms with Crippen LogP contribution in [0, 0.1) is 0 Å². The maximum atomic E-state index is 6.75. The molecule has 6 aromatic carbocycles. The number of thiophene rings is 1. The van der Waals surface area contributed by atoms with Gasteiger partial charge in [-0.05, 0) is 65.2 Å². The van der Waals surface area contributed by atoms with Gasteiger partial charge in [0.25, 0.3) is 0 Å². The Hall–Kier alpha value is -6.43. The highest BCUT2D eigenvalue weighted by Gasteiger charge is 2.20. The predicted octanol–water partition coefficient (Wildman–Crippen LogP) is 12.5. The van der Waals surface area contributed by atoms with Gasteiger partial charge in [-0.1, -0.05) is 103 Å². The fourth-order valence-corrected chi connectivity index (χ4v) is 8.09. The minimum Gasteiger partial charge on any atom is -0.455 e. The number of para-hydroxylation sites is 1. The molecule has 50 heavy (non-hydrogen) atoms. The van der Waals surface area contributed by atoms with E-state index >= 15 is 0 Å². The SMILES string of the molecule is c1ccc(-c2cc(-c3ccc(-c4ccc5sc6ccccc6c5c4)c4c3oc3ccccc34)nc(-c3cccc(-c4cccnc4)c3)n2)cc1. The zero-order valence-electron chi connectivity index (χ0n) is 26.7. The zero-order chi connectivity index (χ0) is 33.0. The Kier molecular flexibility index (Phi) is 6.64. The molecule has 0 saturated heterocycles. The van der Waals surface area contributed by atoms with E-state index in [1.807, 2.05) is 53.9 Å². The fourth-order valence-electron chi connectivity index (χ4n) is 7.01. The molecule has 0 aliphatic carbocycles. The van der Waals surface area contributed by atoms with Crippen molar-refractivity contribution < 1.29 is 4.42 Å². The molecule has 10 rings (SSSR count). The first-order valence-corrected chi connectivity index (χ1v) is 17.4. The van der Waals surface area contributed by atoms with E-state index in [1.165, 1.54) is 20.2 Å². The third-order valence-electron chi connectivity index (χ3n) is 9.40. The minimum atomic E-state index is 0.648. The van der Waals surface area contributed by atoms with Crippen LogP contribution in [0.5, 0.6) is 0 Å². The van der Waals surface area contributed by atoms with Crippen LogP contribution in [-0.4, -0.2) is 15.0 Å². The van der Waals surface area contributed by atoms with Gasteiger partial charge in [-0.15, -0.1) is 11.3 Å². The number of nitrogens with zero attached hydrogens (tertiary/aromatic N) is 3. The molecule has 234 valence electrons. The molecule has 0 radical (unpaired) electrons. The summed E-state index contributed by atoms with van der Waals surface area (Å²) in [5.74, 6) is 0.648. The lowest BCUT2D eigenvalue weighted by Crippen LogP contribution is -1.96. The lowest BCUT2D eigenvalue weighted by atomic mass is 9.95. The highest BCUT2D eigenvalue weighted by molar-refractivity contribution is 7.25. The average Bonchev–Trinajstić information content (AvgIpc) is 3.77. The number of fused-ring (bicyclic) bond motifs is 6. The first-order chi connectivity index (χ1) is 24.8. The van der Waals surface area contributed by atoms with Crippen molar-refractivity contribution in [3.63, 3.8) is 0 Å². The normalized spacial score (nSPS) is 11.6. The van der Waals surface area contributed by atoms with Gasteiger partial charge in [-0.25, -0.2) is 9.97 Å². The standard InChI is InChI=1S/C45H27N3OS/c1-2-10-28(11-3-1)38-26-39(48-45(47-38)31-13-8-12-29(24-31)32-14-9-23-46-27-32)35-21-20-33(43-36-16-4-6-17-40(36)49-44(35)43)30-19-22-42-37(25-30)34-15-5-7-18-41(34)50-42/h1-27H. The molecule has 0 N–H and O–H groups in total. The number of furan rings is 1. The number of hydrogen-bond acceptors (Lipinski definition) is 5. The molecule has 0 saturated carbocycles. The molecular weight excluding hydrogens is 631 g/mol. The van der Waals surface area contributed by atoms with Crippen LogP contribution in [0.4, 0.5) is 0 Å². The summed E-state index contributed by atoms with van der Waals surface area (Å²) in [7, 11) is 0. The van der Waals surface area contributed by atoms with E-state index < -0.39 is 0 Å². The van der Waals surface area contributed by atoms with E-state index in [2.05, 4.69) is 120 Å². The van der Waals surface area contributed by atoms with Crippen molar-refractivity contribution in [3.05, 3.63) is 164 Å². The van der Waals surface area contributed by atoms with Crippen LogP contribution in [0.3, 0.4) is 0 Å². The first-order valence-electron chi connectivity index (χ1n) is 16.6. The summed E-state index contributed by atoms with van der Waals surface area (Å²) in [6.07, 6.45) is 3.67. The Morgan fingerprint density at radius 3 is 2.10 bits per heavy atom. The maximum absolute atomic E-state index is 6.75. The van der Waals surface area contributed by atoms with Crippen LogP contribution in [0.25, 0.3) is 98.3 Å². The largest absolute Gasteiger partial charge is 0.455 e. The van der Waals surface area contributed by atoms with Gasteiger partial charge in [-0.2, -0.15) is 0 Å². The molecule has 0 amide bonds. The van der Waals surface area contributed by atoms with Crippen molar-refractivity contribution in [2.24, 2.45) is 0 Å². The Labute approximate surface area is 292 Å². The highest BCUT2D eigenvalue weighted by Crippen LogP contribution is 2.44. The topological polar surface area (TPSA) is 51.8 Å². The van der Waals surface area contributed by atoms with E-state index in [0.29, 0.717) is 5.82 Å². The van der Waals surface area contributed by atoms with E-state index in [9.17, 15) is 0 Å². The molecule has 0 unspecified atom stereocenters. The number of rotatable bonds is 5. The monoisotopic (exact) mass is 657 g/mol. The predicted molar refractivity (Wildman–Crippen MR) is 207 cm³/mol. The van der Waals surface area contributed by atoms with Gasteiger partial charge in [-0.3, -0.25) is 4.98 Å². The lowest BCUT2D eigenvalue weighted by molar-refractivity contribution is 0.670. The Morgan fingerprint density at radius 2 is 1.20 bits per heavy atom. The summed E-state index contributed by atoms with van der Waals surface area (Å²) in [5, 5.41) is 4.72. The van der Waals surface area contributed by atoms with Crippen LogP contribution < -0.4 is 0 Å². The van der Waals surface area contributed by atoms with E-state index in [4.69, 9.17) is 14.4 Å². The van der Waals surface area contributed by atoms with Gasteiger partial charge in [0.05, 0.1) is 11.4 Å². The smallest absolute Gasteiger partial charge is 0.160 e. The van der Waals surface area contributed by atoms with Gasteiger partial charge >= 0.3 is 0 Å². The van der Waals surface area contributed by atoms with Crippen LogP contribution in [0.15, 0.2) is 168 Å². The fraction of sp³-hybridized carbons (Fsp3) is 0. The average molecular weight is 658 g/mol. The molecule has 0 aliphatic rings. The highest BCUT2D eigenvalue weighted by atomic mass is 32.1. The van der Waals surface area contributed by atoms with Crippen LogP contribution in [-0.2, 0) is 0 Å². The second-order valence-electron chi connectivity index (χ2n) is 12.4. The molecule has 10 aromatic rings. The summed E-state index contributed by atoms with van der Waals surface area (Å²) < 4.78 is 9.33. The third-order valence-corrected chi connectivity index (χ3v) is 10.6. The van der Waals surface area contributed by atoms with E-state index in [0.717, 1.165) is 72.3 Å². The molecule has 0 fully saturated rings. The summed E-state index contributed by atoms with van der Waals surface area (Å²) in [4.78, 5) is 14.7. The zero-order valence-corrected chi connectivity index (χ0v) is 27.6. The second-order valence-corrected chi connectivity index (χ2v) is 13.5. The molecule has 4 heterocycles. The lowest BCUT2D eigenvalue weighted by Gasteiger charge is -2.12. The molecule has 0 spiro atoms. The van der Waals surface area contributed by atoms with E-state index in [-0.39, 0.29) is 0 Å². The Bertz CT molecular complexity index is 2870. The first kappa shape index (κ1) is 28.6. The molecule has 4 nitrogen and oxygen atoms in total. The van der Waals surface area contributed by atoms with Crippen molar-refractivity contribution in [1.82, 2.24) is 15.0 Å². The van der Waals surface area contributed by atoms with Crippen LogP contribution >= 0.6 is 11.3 Å². The van der Waals surface area contributed by atoms with Gasteiger partial charge in [0, 0.05) is 65.6 Å². The molecule has 0 aliphatic heterocycles. The summed E-state index contributed by atoms with van der Waals surface area (Å²) >= 11 is 1.84. The minimum absolute atomic E-state index is 0.648. The Morgan fingerprint density at radius 1 is 0.460 bits per heavy atom. The number of aromatic nitrogens is 3. The molecule has 4 aromatic heterocycles. The van der Waals surface area contributed by atoms with Crippen molar-refractivity contribution in [3.8, 4) is 56.2 Å². The Balaban J connectivity index is 1.20. The van der Waals surface area contributed by atoms with Gasteiger partial charge in [0.1, 0.15) is 11.2 Å². The number of pyridine rings is 1. The number of benzene rings is 6. The van der Waals surface area contributed by atoms with Gasteiger partial charge < -0.3 is 4.42 Å². The second kappa shape index (κ2) is 11.6. The molecule has 0 atom stereocenters. The molecule has 5 heteroatoms. The van der Waals surface area contributed by atoms with Crippen molar-refractivity contribution >= 4 is 53.4 Å². The van der Waals surface area contributed by atoms with Gasteiger partial charge in [0.2, 0.25) is 0 Å². The number of hydrogen-bond donors (Lipinski definition) is 0. The summed E-state index contributed by atoms with van der Waals surface area (Å²) in [6.45, 7) is 0. The van der Waals surface area contributed by atoms with Crippen molar-refractivity contribution in [2.75, 3.05) is 0 Å². The molecular formula is C45H27N3OS. The van der Waals surface area contributed by atoms with Crippen molar-refractivity contribution in [1.29, 1.82) is 0 Å². The van der Waals surface area contributed by atoms with Gasteiger partial charge in [0.15, 0.2) is 5.82 Å². The quantitative estimate of drug-likeness (QED) is 0.185. The summed E-state index contributed by atoms with van der Waals surface area (Å²) in [5.41, 5.74) is 10.6. The maximum Gasteiger partial charge on any atom is 0.160 e. The third kappa shape index (κ3) is 4.79. The molecule has 0 bridgehead atoms. The van der Waals surface area contributed by atoms with E-state index in [1.54, 1.807) is 6.20 Å². The van der Waals surface area contributed by atoms with Crippen LogP contribution in [0.2, 0.25) is 0 Å².